The number of benzene rings is 1. The van der Waals surface area contributed by atoms with Crippen molar-refractivity contribution >= 4 is 5.91 Å². The van der Waals surface area contributed by atoms with Gasteiger partial charge in [-0.05, 0) is 28.9 Å². The summed E-state index contributed by atoms with van der Waals surface area (Å²) in [5, 5.41) is 3.03. The van der Waals surface area contributed by atoms with Crippen LogP contribution in [-0.2, 0) is 0 Å². The minimum atomic E-state index is -0.0593. The molecule has 0 aromatic heterocycles. The Bertz CT molecular complexity index is 477. The number of hydrogen-bond donors (Lipinski definition) is 1. The summed E-state index contributed by atoms with van der Waals surface area (Å²) in [5.74, 6) is 1.09. The van der Waals surface area contributed by atoms with Gasteiger partial charge in [0.1, 0.15) is 5.75 Å². The molecule has 1 aromatic rings. The second kappa shape index (κ2) is 4.55. The van der Waals surface area contributed by atoms with Crippen molar-refractivity contribution in [2.24, 2.45) is 16.7 Å². The lowest BCUT2D eigenvalue weighted by molar-refractivity contribution is 0.0947. The van der Waals surface area contributed by atoms with E-state index in [-0.39, 0.29) is 5.91 Å². The molecule has 3 heteroatoms. The van der Waals surface area contributed by atoms with Crippen LogP contribution in [0.3, 0.4) is 0 Å². The van der Waals surface area contributed by atoms with E-state index in [2.05, 4.69) is 33.0 Å². The highest BCUT2D eigenvalue weighted by molar-refractivity contribution is 5.96. The molecule has 0 saturated heterocycles. The lowest BCUT2D eigenvalue weighted by atomic mass is 10.0. The molecule has 0 radical (unpaired) electrons. The van der Waals surface area contributed by atoms with Gasteiger partial charge in [-0.1, -0.05) is 39.8 Å². The topological polar surface area (TPSA) is 38.3 Å². The van der Waals surface area contributed by atoms with Crippen molar-refractivity contribution < 1.29 is 9.53 Å². The van der Waals surface area contributed by atoms with E-state index in [1.54, 1.807) is 19.2 Å². The van der Waals surface area contributed by atoms with Crippen molar-refractivity contribution in [2.45, 2.75) is 27.7 Å². The number of hydrogen-bond acceptors (Lipinski definition) is 2. The zero-order valence-corrected chi connectivity index (χ0v) is 12.4. The number of rotatable bonds is 4. The molecule has 1 saturated carbocycles. The number of carbonyl (C=O) groups is 1. The standard InChI is InChI=1S/C16H23NO2/c1-15(2)13(16(15,3)4)10-17-14(18)11-8-6-7-9-12(11)19-5/h6-9,13H,10H2,1-5H3,(H,17,18). The van der Waals surface area contributed by atoms with Gasteiger partial charge < -0.3 is 10.1 Å². The van der Waals surface area contributed by atoms with Crippen LogP contribution in [-0.4, -0.2) is 19.6 Å². The van der Waals surface area contributed by atoms with E-state index < -0.39 is 0 Å². The number of amides is 1. The third-order valence-electron chi connectivity index (χ3n) is 5.14. The number of carbonyl (C=O) groups excluding carboxylic acids is 1. The maximum atomic E-state index is 12.2. The van der Waals surface area contributed by atoms with Crippen molar-refractivity contribution in [3.05, 3.63) is 29.8 Å². The van der Waals surface area contributed by atoms with Crippen LogP contribution in [0.2, 0.25) is 0 Å². The predicted octanol–water partition coefficient (Wildman–Crippen LogP) is 3.11. The highest BCUT2D eigenvalue weighted by Crippen LogP contribution is 2.67. The van der Waals surface area contributed by atoms with Gasteiger partial charge in [0, 0.05) is 6.54 Å². The van der Waals surface area contributed by atoms with Crippen LogP contribution in [0.15, 0.2) is 24.3 Å². The molecule has 104 valence electrons. The van der Waals surface area contributed by atoms with E-state index in [1.807, 2.05) is 12.1 Å². The Kier molecular flexibility index (Phi) is 3.33. The summed E-state index contributed by atoms with van der Waals surface area (Å²) in [7, 11) is 1.58. The lowest BCUT2D eigenvalue weighted by Gasteiger charge is -2.09. The summed E-state index contributed by atoms with van der Waals surface area (Å²) >= 11 is 0. The number of methoxy groups -OCH3 is 1. The van der Waals surface area contributed by atoms with Gasteiger partial charge in [-0.25, -0.2) is 0 Å². The average Bonchev–Trinajstić information content (AvgIpc) is 2.76. The van der Waals surface area contributed by atoms with E-state index in [9.17, 15) is 4.79 Å². The number of ether oxygens (including phenoxy) is 1. The summed E-state index contributed by atoms with van der Waals surface area (Å²) in [5.41, 5.74) is 1.18. The first-order chi connectivity index (χ1) is 8.82. The molecular weight excluding hydrogens is 238 g/mol. The average molecular weight is 261 g/mol. The molecule has 0 spiro atoms. The zero-order chi connectivity index (χ0) is 14.3. The minimum absolute atomic E-state index is 0.0593. The zero-order valence-electron chi connectivity index (χ0n) is 12.4. The van der Waals surface area contributed by atoms with Crippen molar-refractivity contribution in [3.8, 4) is 5.75 Å². The molecule has 3 nitrogen and oxygen atoms in total. The third kappa shape index (κ3) is 2.22. The van der Waals surface area contributed by atoms with Crippen LogP contribution in [0.5, 0.6) is 5.75 Å². The van der Waals surface area contributed by atoms with Crippen molar-refractivity contribution in [1.29, 1.82) is 0 Å². The first-order valence-electron chi connectivity index (χ1n) is 6.73. The minimum Gasteiger partial charge on any atom is -0.496 e. The Hall–Kier alpha value is -1.51. The highest BCUT2D eigenvalue weighted by Gasteiger charge is 2.64. The molecule has 0 unspecified atom stereocenters. The molecule has 19 heavy (non-hydrogen) atoms. The van der Waals surface area contributed by atoms with Crippen molar-refractivity contribution in [2.75, 3.05) is 13.7 Å². The second-order valence-corrected chi connectivity index (χ2v) is 6.41. The van der Waals surface area contributed by atoms with Gasteiger partial charge >= 0.3 is 0 Å². The summed E-state index contributed by atoms with van der Waals surface area (Å²) < 4.78 is 5.21. The summed E-state index contributed by atoms with van der Waals surface area (Å²) in [6.07, 6.45) is 0. The molecule has 0 aliphatic heterocycles. The third-order valence-corrected chi connectivity index (χ3v) is 5.14. The van der Waals surface area contributed by atoms with E-state index in [0.717, 1.165) is 6.54 Å². The molecule has 1 aliphatic carbocycles. The van der Waals surface area contributed by atoms with Crippen molar-refractivity contribution in [1.82, 2.24) is 5.32 Å². The molecule has 1 aromatic carbocycles. The molecule has 0 heterocycles. The maximum Gasteiger partial charge on any atom is 0.255 e. The molecule has 0 atom stereocenters. The lowest BCUT2D eigenvalue weighted by Crippen LogP contribution is -2.27. The van der Waals surface area contributed by atoms with Gasteiger partial charge in [-0.2, -0.15) is 0 Å². The van der Waals surface area contributed by atoms with Gasteiger partial charge in [-0.3, -0.25) is 4.79 Å². The fourth-order valence-electron chi connectivity index (χ4n) is 2.97. The van der Waals surface area contributed by atoms with Crippen LogP contribution < -0.4 is 10.1 Å². The molecule has 1 N–H and O–H groups in total. The summed E-state index contributed by atoms with van der Waals surface area (Å²) in [6, 6.07) is 7.31. The molecule has 0 bridgehead atoms. The Morgan fingerprint density at radius 1 is 1.21 bits per heavy atom. The highest BCUT2D eigenvalue weighted by atomic mass is 16.5. The SMILES string of the molecule is COc1ccccc1C(=O)NCC1C(C)(C)C1(C)C. The van der Waals surface area contributed by atoms with Gasteiger partial charge in [0.15, 0.2) is 0 Å². The molecule has 1 aliphatic rings. The summed E-state index contributed by atoms with van der Waals surface area (Å²) in [4.78, 5) is 12.2. The summed E-state index contributed by atoms with van der Waals surface area (Å²) in [6.45, 7) is 9.75. The largest absolute Gasteiger partial charge is 0.496 e. The first kappa shape index (κ1) is 13.9. The molecular formula is C16H23NO2. The Labute approximate surface area is 115 Å². The fraction of sp³-hybridized carbons (Fsp3) is 0.562. The van der Waals surface area contributed by atoms with Gasteiger partial charge in [-0.15, -0.1) is 0 Å². The van der Waals surface area contributed by atoms with Crippen LogP contribution >= 0.6 is 0 Å². The van der Waals surface area contributed by atoms with E-state index >= 15 is 0 Å². The molecule has 1 amide bonds. The number of nitrogens with one attached hydrogen (secondary N) is 1. The molecule has 1 fully saturated rings. The van der Waals surface area contributed by atoms with Gasteiger partial charge in [0.2, 0.25) is 0 Å². The van der Waals surface area contributed by atoms with Crippen LogP contribution in [0, 0.1) is 16.7 Å². The van der Waals surface area contributed by atoms with Crippen LogP contribution in [0.4, 0.5) is 0 Å². The monoisotopic (exact) mass is 261 g/mol. The van der Waals surface area contributed by atoms with Crippen LogP contribution in [0.1, 0.15) is 38.1 Å². The Balaban J connectivity index is 2.00. The Morgan fingerprint density at radius 3 is 2.32 bits per heavy atom. The Morgan fingerprint density at radius 2 is 1.79 bits per heavy atom. The second-order valence-electron chi connectivity index (χ2n) is 6.41. The fourth-order valence-corrected chi connectivity index (χ4v) is 2.97. The predicted molar refractivity (Wildman–Crippen MR) is 76.4 cm³/mol. The quantitative estimate of drug-likeness (QED) is 0.904. The maximum absolute atomic E-state index is 12.2. The molecule has 2 rings (SSSR count). The van der Waals surface area contributed by atoms with Gasteiger partial charge in [0.05, 0.1) is 12.7 Å². The van der Waals surface area contributed by atoms with E-state index in [1.165, 1.54) is 0 Å². The normalized spacial score (nSPS) is 19.8. The number of para-hydroxylation sites is 1. The van der Waals surface area contributed by atoms with Crippen molar-refractivity contribution in [3.63, 3.8) is 0 Å². The van der Waals surface area contributed by atoms with Crippen LogP contribution in [0.25, 0.3) is 0 Å². The first-order valence-corrected chi connectivity index (χ1v) is 6.73. The smallest absolute Gasteiger partial charge is 0.255 e. The van der Waals surface area contributed by atoms with Gasteiger partial charge in [0.25, 0.3) is 5.91 Å². The van der Waals surface area contributed by atoms with E-state index in [0.29, 0.717) is 28.1 Å². The van der Waals surface area contributed by atoms with E-state index in [4.69, 9.17) is 4.74 Å².